The third-order valence-corrected chi connectivity index (χ3v) is 8.07. The molecule has 0 radical (unpaired) electrons. The molecule has 2 N–H and O–H groups in total. The van der Waals surface area contributed by atoms with Gasteiger partial charge in [0.1, 0.15) is 23.3 Å². The highest BCUT2D eigenvalue weighted by Crippen LogP contribution is 2.37. The van der Waals surface area contributed by atoms with E-state index in [0.29, 0.717) is 22.3 Å². The molecule has 230 valence electrons. The van der Waals surface area contributed by atoms with Crippen LogP contribution in [0.15, 0.2) is 158 Å². The Hall–Kier alpha value is -5.04. The van der Waals surface area contributed by atoms with E-state index < -0.39 is 47.4 Å². The summed E-state index contributed by atoms with van der Waals surface area (Å²) in [6.45, 7) is 0. The highest BCUT2D eigenvalue weighted by molar-refractivity contribution is 5.37. The second-order valence-corrected chi connectivity index (χ2v) is 11.2. The molecule has 0 aliphatic rings. The van der Waals surface area contributed by atoms with Gasteiger partial charge >= 0.3 is 0 Å². The Kier molecular flexibility index (Phi) is 9.68. The second kappa shape index (κ2) is 14.4. The van der Waals surface area contributed by atoms with Crippen molar-refractivity contribution in [1.29, 1.82) is 0 Å². The molecule has 0 aliphatic heterocycles. The van der Waals surface area contributed by atoms with Gasteiger partial charge < -0.3 is 0 Å². The van der Waals surface area contributed by atoms with Gasteiger partial charge in [-0.1, -0.05) is 109 Å². The first kappa shape index (κ1) is 31.0. The summed E-state index contributed by atoms with van der Waals surface area (Å²) in [6.07, 6.45) is 0. The number of hydrogen-bond donors (Lipinski definition) is 2. The standard InChI is InChI=1S/C40H32F4N2/c41-33-19-7-15-29(23-33)37(30-16-8-20-34(42)24-30)45-39(27-11-3-1-4-12-27)40(28-13-5-2-6-14-28)46-38(31-17-9-21-35(43)25-31)32-18-10-22-36(44)26-32/h1-26,37-40,45-46H/t39-,40-/m0/s1. The van der Waals surface area contributed by atoms with Gasteiger partial charge in [0, 0.05) is 0 Å². The van der Waals surface area contributed by atoms with Crippen molar-refractivity contribution in [2.45, 2.75) is 24.2 Å². The molecule has 0 aliphatic carbocycles. The molecule has 0 aromatic heterocycles. The molecule has 0 fully saturated rings. The molecule has 0 unspecified atom stereocenters. The zero-order valence-electron chi connectivity index (χ0n) is 24.8. The van der Waals surface area contributed by atoms with Crippen molar-refractivity contribution in [3.8, 4) is 0 Å². The number of nitrogens with one attached hydrogen (secondary N) is 2. The molecule has 0 heterocycles. The summed E-state index contributed by atoms with van der Waals surface area (Å²) in [5.74, 6) is -1.64. The van der Waals surface area contributed by atoms with Gasteiger partial charge in [0.2, 0.25) is 0 Å². The maximum atomic E-state index is 14.6. The monoisotopic (exact) mass is 616 g/mol. The second-order valence-electron chi connectivity index (χ2n) is 11.2. The molecule has 6 rings (SSSR count). The number of hydrogen-bond acceptors (Lipinski definition) is 2. The van der Waals surface area contributed by atoms with Gasteiger partial charge in [-0.3, -0.25) is 10.6 Å². The smallest absolute Gasteiger partial charge is 0.123 e. The van der Waals surface area contributed by atoms with Crippen molar-refractivity contribution >= 4 is 0 Å². The van der Waals surface area contributed by atoms with Crippen LogP contribution in [0.4, 0.5) is 17.6 Å². The fraction of sp³-hybridized carbons (Fsp3) is 0.100. The predicted octanol–water partition coefficient (Wildman–Crippen LogP) is 9.78. The Morgan fingerprint density at radius 3 is 0.826 bits per heavy atom. The fourth-order valence-electron chi connectivity index (χ4n) is 5.96. The van der Waals surface area contributed by atoms with Gasteiger partial charge in [0.25, 0.3) is 0 Å². The van der Waals surface area contributed by atoms with Gasteiger partial charge in [-0.2, -0.15) is 0 Å². The molecule has 0 saturated heterocycles. The van der Waals surface area contributed by atoms with Crippen LogP contribution in [0.1, 0.15) is 57.5 Å². The minimum atomic E-state index is -0.619. The van der Waals surface area contributed by atoms with E-state index in [1.54, 1.807) is 48.5 Å². The molecule has 0 bridgehead atoms. The first-order chi connectivity index (χ1) is 22.4. The van der Waals surface area contributed by atoms with Gasteiger partial charge in [0.15, 0.2) is 0 Å². The highest BCUT2D eigenvalue weighted by atomic mass is 19.1. The Balaban J connectivity index is 1.52. The van der Waals surface area contributed by atoms with Crippen molar-refractivity contribution < 1.29 is 17.6 Å². The van der Waals surface area contributed by atoms with Crippen LogP contribution in [-0.2, 0) is 0 Å². The molecule has 6 heteroatoms. The summed E-state index contributed by atoms with van der Waals surface area (Å²) in [5, 5.41) is 7.49. The molecular weight excluding hydrogens is 584 g/mol. The third kappa shape index (κ3) is 7.42. The Morgan fingerprint density at radius 1 is 0.304 bits per heavy atom. The lowest BCUT2D eigenvalue weighted by Gasteiger charge is -2.36. The van der Waals surface area contributed by atoms with E-state index in [1.807, 2.05) is 60.7 Å². The van der Waals surface area contributed by atoms with Crippen molar-refractivity contribution in [3.05, 3.63) is 214 Å². The Labute approximate surface area is 266 Å². The minimum Gasteiger partial charge on any atom is -0.298 e. The first-order valence-electron chi connectivity index (χ1n) is 15.1. The van der Waals surface area contributed by atoms with Crippen LogP contribution < -0.4 is 10.6 Å². The van der Waals surface area contributed by atoms with E-state index in [-0.39, 0.29) is 0 Å². The van der Waals surface area contributed by atoms with E-state index in [0.717, 1.165) is 11.1 Å². The fourth-order valence-corrected chi connectivity index (χ4v) is 5.96. The topological polar surface area (TPSA) is 24.1 Å². The zero-order valence-corrected chi connectivity index (χ0v) is 24.8. The third-order valence-electron chi connectivity index (χ3n) is 8.07. The highest BCUT2D eigenvalue weighted by Gasteiger charge is 2.31. The summed E-state index contributed by atoms with van der Waals surface area (Å²) in [4.78, 5) is 0. The maximum absolute atomic E-state index is 14.6. The summed E-state index contributed by atoms with van der Waals surface area (Å²) in [5.41, 5.74) is 4.27. The van der Waals surface area contributed by atoms with Crippen molar-refractivity contribution in [2.75, 3.05) is 0 Å². The lowest BCUT2D eigenvalue weighted by molar-refractivity contribution is 0.345. The maximum Gasteiger partial charge on any atom is 0.123 e. The van der Waals surface area contributed by atoms with Crippen molar-refractivity contribution in [1.82, 2.24) is 10.6 Å². The van der Waals surface area contributed by atoms with Crippen LogP contribution in [0.5, 0.6) is 0 Å². The van der Waals surface area contributed by atoms with Crippen LogP contribution in [0.25, 0.3) is 0 Å². The molecule has 46 heavy (non-hydrogen) atoms. The van der Waals surface area contributed by atoms with E-state index in [2.05, 4.69) is 10.6 Å². The van der Waals surface area contributed by atoms with E-state index in [4.69, 9.17) is 0 Å². The SMILES string of the molecule is Fc1cccc(C(N[C@@H](c2ccccc2)[C@@H](NC(c2cccc(F)c2)c2cccc(F)c2)c2ccccc2)c2cccc(F)c2)c1. The molecule has 6 aromatic carbocycles. The van der Waals surface area contributed by atoms with Crippen LogP contribution in [0, 0.1) is 23.3 Å². The quantitative estimate of drug-likeness (QED) is 0.142. The van der Waals surface area contributed by atoms with E-state index in [1.165, 1.54) is 48.5 Å². The lowest BCUT2D eigenvalue weighted by Crippen LogP contribution is -2.39. The first-order valence-corrected chi connectivity index (χ1v) is 15.1. The largest absolute Gasteiger partial charge is 0.298 e. The number of benzene rings is 6. The normalized spacial score (nSPS) is 12.7. The Morgan fingerprint density at radius 2 is 0.565 bits per heavy atom. The summed E-state index contributed by atoms with van der Waals surface area (Å²) >= 11 is 0. The Bertz CT molecular complexity index is 1650. The molecule has 0 amide bonds. The minimum absolute atomic E-state index is 0.410. The van der Waals surface area contributed by atoms with Crippen molar-refractivity contribution in [3.63, 3.8) is 0 Å². The van der Waals surface area contributed by atoms with Crippen LogP contribution in [0.3, 0.4) is 0 Å². The van der Waals surface area contributed by atoms with Gasteiger partial charge in [-0.15, -0.1) is 0 Å². The van der Waals surface area contributed by atoms with E-state index in [9.17, 15) is 17.6 Å². The summed E-state index contributed by atoms with van der Waals surface area (Å²) in [7, 11) is 0. The van der Waals surface area contributed by atoms with E-state index >= 15 is 0 Å². The lowest BCUT2D eigenvalue weighted by atomic mass is 9.88. The van der Waals surface area contributed by atoms with Gasteiger partial charge in [0.05, 0.1) is 24.2 Å². The zero-order chi connectivity index (χ0) is 31.9. The van der Waals surface area contributed by atoms with Crippen LogP contribution in [-0.4, -0.2) is 0 Å². The molecular formula is C40H32F4N2. The molecule has 2 nitrogen and oxygen atoms in total. The summed E-state index contributed by atoms with van der Waals surface area (Å²) in [6, 6.07) is 42.3. The predicted molar refractivity (Wildman–Crippen MR) is 174 cm³/mol. The number of halogens is 4. The van der Waals surface area contributed by atoms with Gasteiger partial charge in [-0.05, 0) is 81.9 Å². The molecule has 2 atom stereocenters. The average molecular weight is 617 g/mol. The van der Waals surface area contributed by atoms with Gasteiger partial charge in [-0.25, -0.2) is 17.6 Å². The average Bonchev–Trinajstić information content (AvgIpc) is 3.07. The molecule has 6 aromatic rings. The van der Waals surface area contributed by atoms with Crippen LogP contribution in [0.2, 0.25) is 0 Å². The molecule has 0 saturated carbocycles. The number of rotatable bonds is 11. The summed E-state index contributed by atoms with van der Waals surface area (Å²) < 4.78 is 58.6. The molecule has 0 spiro atoms. The van der Waals surface area contributed by atoms with Crippen molar-refractivity contribution in [2.24, 2.45) is 0 Å². The van der Waals surface area contributed by atoms with Crippen LogP contribution >= 0.6 is 0 Å².